The molecule has 0 saturated carbocycles. The molecule has 19 heavy (non-hydrogen) atoms. The van der Waals surface area contributed by atoms with Crippen LogP contribution in [0.3, 0.4) is 0 Å². The van der Waals surface area contributed by atoms with Crippen LogP contribution in [-0.2, 0) is 7.05 Å². The molecule has 0 aliphatic rings. The van der Waals surface area contributed by atoms with Gasteiger partial charge in [0, 0.05) is 19.4 Å². The fourth-order valence-corrected chi connectivity index (χ4v) is 2.23. The second-order valence-electron chi connectivity index (χ2n) is 4.86. The Balaban J connectivity index is 1.98. The van der Waals surface area contributed by atoms with Crippen LogP contribution in [0.5, 0.6) is 0 Å². The summed E-state index contributed by atoms with van der Waals surface area (Å²) in [6, 6.07) is 3.96. The van der Waals surface area contributed by atoms with Crippen LogP contribution in [0.25, 0.3) is 0 Å². The smallest absolute Gasteiger partial charge is 0.133 e. The molecule has 0 radical (unpaired) electrons. The first-order chi connectivity index (χ1) is 9.33. The Morgan fingerprint density at radius 3 is 2.89 bits per heavy atom. The van der Waals surface area contributed by atoms with Crippen molar-refractivity contribution in [3.63, 3.8) is 0 Å². The Morgan fingerprint density at radius 2 is 2.26 bits per heavy atom. The molecule has 1 N–H and O–H groups in total. The van der Waals surface area contributed by atoms with E-state index in [-0.39, 0.29) is 6.04 Å². The molecule has 1 unspecified atom stereocenters. The van der Waals surface area contributed by atoms with Crippen LogP contribution in [0, 0.1) is 0 Å². The predicted molar refractivity (Wildman–Crippen MR) is 75.9 cm³/mol. The Labute approximate surface area is 114 Å². The fourth-order valence-electron chi connectivity index (χ4n) is 2.23. The summed E-state index contributed by atoms with van der Waals surface area (Å²) in [6.07, 6.45) is 10.5. The van der Waals surface area contributed by atoms with E-state index in [1.54, 1.807) is 6.26 Å². The molecule has 0 aromatic carbocycles. The van der Waals surface area contributed by atoms with Gasteiger partial charge in [-0.1, -0.05) is 26.2 Å². The number of aryl methyl sites for hydroxylation is 1. The lowest BCUT2D eigenvalue weighted by Crippen LogP contribution is -2.25. The van der Waals surface area contributed by atoms with Crippen molar-refractivity contribution in [1.29, 1.82) is 0 Å². The maximum atomic E-state index is 5.54. The Kier molecular flexibility index (Phi) is 5.21. The number of furan rings is 1. The van der Waals surface area contributed by atoms with Crippen molar-refractivity contribution in [3.05, 3.63) is 42.4 Å². The van der Waals surface area contributed by atoms with Gasteiger partial charge in [-0.3, -0.25) is 0 Å². The number of hydrogen-bond donors (Lipinski definition) is 1. The topological polar surface area (TPSA) is 43.0 Å². The van der Waals surface area contributed by atoms with Gasteiger partial charge in [0.1, 0.15) is 17.6 Å². The standard InChI is InChI=1S/C15H23N3O/c1-3-4-5-6-9-16-14(13-8-7-12-19-13)15-17-10-11-18(15)2/h7-8,10-12,14,16H,3-6,9H2,1-2H3. The van der Waals surface area contributed by atoms with E-state index in [0.29, 0.717) is 0 Å². The molecule has 0 fully saturated rings. The summed E-state index contributed by atoms with van der Waals surface area (Å²) in [4.78, 5) is 4.43. The minimum atomic E-state index is 0.0385. The molecule has 0 spiro atoms. The zero-order valence-electron chi connectivity index (χ0n) is 11.8. The van der Waals surface area contributed by atoms with Crippen molar-refractivity contribution in [3.8, 4) is 0 Å². The second-order valence-corrected chi connectivity index (χ2v) is 4.86. The van der Waals surface area contributed by atoms with Crippen LogP contribution in [0.2, 0.25) is 0 Å². The van der Waals surface area contributed by atoms with Gasteiger partial charge in [0.2, 0.25) is 0 Å². The molecular weight excluding hydrogens is 238 g/mol. The van der Waals surface area contributed by atoms with Crippen LogP contribution in [0.15, 0.2) is 35.2 Å². The molecule has 0 saturated heterocycles. The molecule has 0 bridgehead atoms. The van der Waals surface area contributed by atoms with Gasteiger partial charge in [-0.2, -0.15) is 0 Å². The number of nitrogens with zero attached hydrogens (tertiary/aromatic N) is 2. The molecule has 1 atom stereocenters. The largest absolute Gasteiger partial charge is 0.467 e. The molecule has 2 rings (SSSR count). The molecule has 104 valence electrons. The highest BCUT2D eigenvalue weighted by atomic mass is 16.3. The minimum absolute atomic E-state index is 0.0385. The SMILES string of the molecule is CCCCCCNC(c1ccco1)c1nccn1C. The number of aromatic nitrogens is 2. The van der Waals surface area contributed by atoms with Gasteiger partial charge < -0.3 is 14.3 Å². The van der Waals surface area contributed by atoms with Gasteiger partial charge in [0.25, 0.3) is 0 Å². The lowest BCUT2D eigenvalue weighted by Gasteiger charge is -2.16. The van der Waals surface area contributed by atoms with Gasteiger partial charge in [-0.25, -0.2) is 4.98 Å². The first-order valence-electron chi connectivity index (χ1n) is 7.07. The van der Waals surface area contributed by atoms with Crippen LogP contribution >= 0.6 is 0 Å². The van der Waals surface area contributed by atoms with Gasteiger partial charge in [-0.15, -0.1) is 0 Å². The number of hydrogen-bond acceptors (Lipinski definition) is 3. The van der Waals surface area contributed by atoms with E-state index in [0.717, 1.165) is 18.1 Å². The summed E-state index contributed by atoms with van der Waals surface area (Å²) >= 11 is 0. The number of imidazole rings is 1. The minimum Gasteiger partial charge on any atom is -0.467 e. The second kappa shape index (κ2) is 7.14. The summed E-state index contributed by atoms with van der Waals surface area (Å²) in [7, 11) is 2.01. The van der Waals surface area contributed by atoms with Crippen LogP contribution in [0.1, 0.15) is 50.2 Å². The number of unbranched alkanes of at least 4 members (excludes halogenated alkanes) is 3. The highest BCUT2D eigenvalue weighted by Gasteiger charge is 2.19. The summed E-state index contributed by atoms with van der Waals surface area (Å²) in [5, 5.41) is 3.55. The van der Waals surface area contributed by atoms with Crippen molar-refractivity contribution in [2.24, 2.45) is 7.05 Å². The highest BCUT2D eigenvalue weighted by molar-refractivity contribution is 5.15. The Hall–Kier alpha value is -1.55. The van der Waals surface area contributed by atoms with Gasteiger partial charge in [0.15, 0.2) is 0 Å². The first kappa shape index (κ1) is 13.9. The molecule has 2 heterocycles. The molecule has 0 aliphatic heterocycles. The third-order valence-electron chi connectivity index (χ3n) is 3.32. The lowest BCUT2D eigenvalue weighted by atomic mass is 10.1. The summed E-state index contributed by atoms with van der Waals surface area (Å²) < 4.78 is 7.57. The molecule has 4 heteroatoms. The van der Waals surface area contributed by atoms with E-state index in [4.69, 9.17) is 4.42 Å². The fraction of sp³-hybridized carbons (Fsp3) is 0.533. The third kappa shape index (κ3) is 3.70. The molecule has 2 aromatic rings. The average Bonchev–Trinajstić information content (AvgIpc) is 3.06. The van der Waals surface area contributed by atoms with E-state index >= 15 is 0 Å². The van der Waals surface area contributed by atoms with Crippen molar-refractivity contribution >= 4 is 0 Å². The van der Waals surface area contributed by atoms with Crippen LogP contribution < -0.4 is 5.32 Å². The molecule has 0 aliphatic carbocycles. The summed E-state index contributed by atoms with van der Waals surface area (Å²) in [6.45, 7) is 3.21. The Morgan fingerprint density at radius 1 is 1.37 bits per heavy atom. The zero-order valence-corrected chi connectivity index (χ0v) is 11.8. The maximum absolute atomic E-state index is 5.54. The molecular formula is C15H23N3O. The van der Waals surface area contributed by atoms with Crippen molar-refractivity contribution in [1.82, 2.24) is 14.9 Å². The predicted octanol–water partition coefficient (Wildman–Crippen LogP) is 3.27. The molecule has 0 amide bonds. The van der Waals surface area contributed by atoms with Gasteiger partial charge >= 0.3 is 0 Å². The van der Waals surface area contributed by atoms with E-state index < -0.39 is 0 Å². The van der Waals surface area contributed by atoms with Gasteiger partial charge in [-0.05, 0) is 25.1 Å². The van der Waals surface area contributed by atoms with Crippen LogP contribution in [0.4, 0.5) is 0 Å². The Bertz CT molecular complexity index is 461. The van der Waals surface area contributed by atoms with Crippen LogP contribution in [-0.4, -0.2) is 16.1 Å². The lowest BCUT2D eigenvalue weighted by molar-refractivity contribution is 0.425. The van der Waals surface area contributed by atoms with Crippen molar-refractivity contribution < 1.29 is 4.42 Å². The quantitative estimate of drug-likeness (QED) is 0.742. The van der Waals surface area contributed by atoms with E-state index in [1.807, 2.05) is 36.1 Å². The monoisotopic (exact) mass is 261 g/mol. The van der Waals surface area contributed by atoms with E-state index in [2.05, 4.69) is 17.2 Å². The van der Waals surface area contributed by atoms with E-state index in [9.17, 15) is 0 Å². The molecule has 2 aromatic heterocycles. The van der Waals surface area contributed by atoms with E-state index in [1.165, 1.54) is 25.7 Å². The number of rotatable bonds is 8. The maximum Gasteiger partial charge on any atom is 0.133 e. The average molecular weight is 261 g/mol. The highest BCUT2D eigenvalue weighted by Crippen LogP contribution is 2.20. The molecule has 4 nitrogen and oxygen atoms in total. The summed E-state index contributed by atoms with van der Waals surface area (Å²) in [5.74, 6) is 1.91. The first-order valence-corrected chi connectivity index (χ1v) is 7.07. The van der Waals surface area contributed by atoms with Gasteiger partial charge in [0.05, 0.1) is 6.26 Å². The normalized spacial score (nSPS) is 12.7. The van der Waals surface area contributed by atoms with Crippen molar-refractivity contribution in [2.75, 3.05) is 6.54 Å². The summed E-state index contributed by atoms with van der Waals surface area (Å²) in [5.41, 5.74) is 0. The zero-order chi connectivity index (χ0) is 13.5. The third-order valence-corrected chi connectivity index (χ3v) is 3.32. The number of nitrogens with one attached hydrogen (secondary N) is 1. The van der Waals surface area contributed by atoms with Crippen molar-refractivity contribution in [2.45, 2.75) is 38.6 Å².